The van der Waals surface area contributed by atoms with E-state index in [0.29, 0.717) is 6.42 Å². The van der Waals surface area contributed by atoms with Crippen molar-refractivity contribution in [2.75, 3.05) is 13.1 Å². The number of hydrogen-bond donors (Lipinski definition) is 3. The molecular weight excluding hydrogens is 407 g/mol. The Hall–Kier alpha value is -3.21. The van der Waals surface area contributed by atoms with Gasteiger partial charge in [0.25, 0.3) is 11.8 Å². The number of pyridine rings is 1. The highest BCUT2D eigenvalue weighted by Gasteiger charge is 2.32. The van der Waals surface area contributed by atoms with Gasteiger partial charge in [-0.2, -0.15) is 18.3 Å². The Morgan fingerprint density at radius 3 is 2.41 bits per heavy atom. The molecular formula is C18H16F3N5O2S. The van der Waals surface area contributed by atoms with E-state index in [9.17, 15) is 22.8 Å². The van der Waals surface area contributed by atoms with Crippen molar-refractivity contribution in [2.24, 2.45) is 0 Å². The van der Waals surface area contributed by atoms with Gasteiger partial charge in [0, 0.05) is 13.1 Å². The van der Waals surface area contributed by atoms with Gasteiger partial charge in [0.15, 0.2) is 5.69 Å². The first-order chi connectivity index (χ1) is 13.8. The average molecular weight is 423 g/mol. The summed E-state index contributed by atoms with van der Waals surface area (Å²) in [5, 5.41) is 13.8. The van der Waals surface area contributed by atoms with Crippen LogP contribution in [0.2, 0.25) is 0 Å². The monoisotopic (exact) mass is 423 g/mol. The van der Waals surface area contributed by atoms with Crippen molar-refractivity contribution in [2.45, 2.75) is 12.6 Å². The van der Waals surface area contributed by atoms with Crippen LogP contribution in [0.25, 0.3) is 10.6 Å². The van der Waals surface area contributed by atoms with Gasteiger partial charge < -0.3 is 10.6 Å². The zero-order valence-electron chi connectivity index (χ0n) is 14.9. The lowest BCUT2D eigenvalue weighted by Gasteiger charge is -2.08. The Morgan fingerprint density at radius 1 is 1.03 bits per heavy atom. The third kappa shape index (κ3) is 5.41. The molecule has 3 rings (SSSR count). The minimum absolute atomic E-state index is 0.165. The van der Waals surface area contributed by atoms with Crippen LogP contribution in [-0.2, 0) is 6.18 Å². The first-order valence-electron chi connectivity index (χ1n) is 8.54. The van der Waals surface area contributed by atoms with Gasteiger partial charge in [-0.1, -0.05) is 12.1 Å². The second-order valence-electron chi connectivity index (χ2n) is 5.92. The van der Waals surface area contributed by atoms with Crippen LogP contribution in [0.15, 0.2) is 41.8 Å². The number of H-pyrrole nitrogens is 1. The Balaban J connectivity index is 1.42. The summed E-state index contributed by atoms with van der Waals surface area (Å²) in [7, 11) is 0. The third-order valence-corrected chi connectivity index (χ3v) is 4.70. The van der Waals surface area contributed by atoms with Crippen LogP contribution in [0.4, 0.5) is 13.2 Å². The van der Waals surface area contributed by atoms with Crippen molar-refractivity contribution in [1.29, 1.82) is 0 Å². The Kier molecular flexibility index (Phi) is 6.27. The molecule has 2 amide bonds. The maximum Gasteiger partial charge on any atom is 0.433 e. The molecule has 3 heterocycles. The van der Waals surface area contributed by atoms with E-state index in [1.165, 1.54) is 17.4 Å². The Labute approximate surface area is 167 Å². The van der Waals surface area contributed by atoms with Gasteiger partial charge in [-0.15, -0.1) is 11.3 Å². The van der Waals surface area contributed by atoms with Gasteiger partial charge in [0.05, 0.1) is 10.6 Å². The van der Waals surface area contributed by atoms with Crippen molar-refractivity contribution >= 4 is 23.2 Å². The predicted octanol–water partition coefficient (Wildman–Crippen LogP) is 3.10. The molecule has 7 nitrogen and oxygen atoms in total. The molecule has 29 heavy (non-hydrogen) atoms. The molecule has 0 fully saturated rings. The van der Waals surface area contributed by atoms with Gasteiger partial charge in [-0.25, -0.2) is 4.98 Å². The fraction of sp³-hybridized carbons (Fsp3) is 0.222. The van der Waals surface area contributed by atoms with E-state index >= 15 is 0 Å². The van der Waals surface area contributed by atoms with Crippen LogP contribution >= 0.6 is 11.3 Å². The molecule has 0 spiro atoms. The molecule has 0 radical (unpaired) electrons. The van der Waals surface area contributed by atoms with E-state index in [1.54, 1.807) is 6.07 Å². The maximum atomic E-state index is 12.6. The number of aromatic nitrogens is 3. The second-order valence-corrected chi connectivity index (χ2v) is 6.86. The maximum absolute atomic E-state index is 12.6. The summed E-state index contributed by atoms with van der Waals surface area (Å²) in [6.07, 6.45) is -4.23. The largest absolute Gasteiger partial charge is 0.433 e. The van der Waals surface area contributed by atoms with Crippen LogP contribution in [0.5, 0.6) is 0 Å². The van der Waals surface area contributed by atoms with Crippen molar-refractivity contribution in [3.8, 4) is 10.6 Å². The van der Waals surface area contributed by atoms with Crippen molar-refractivity contribution in [3.63, 3.8) is 0 Å². The molecule has 0 unspecified atom stereocenters. The van der Waals surface area contributed by atoms with Gasteiger partial charge in [0.1, 0.15) is 11.4 Å². The quantitative estimate of drug-likeness (QED) is 0.509. The predicted molar refractivity (Wildman–Crippen MR) is 100 cm³/mol. The molecule has 3 aromatic rings. The molecule has 3 aromatic heterocycles. The summed E-state index contributed by atoms with van der Waals surface area (Å²) in [6.45, 7) is 0.425. The van der Waals surface area contributed by atoms with E-state index < -0.39 is 17.8 Å². The van der Waals surface area contributed by atoms with Gasteiger partial charge in [-0.3, -0.25) is 14.7 Å². The summed E-state index contributed by atoms with van der Waals surface area (Å²) in [5.74, 6) is -1.08. The number of rotatable bonds is 7. The molecule has 0 aromatic carbocycles. The molecule has 0 saturated carbocycles. The molecule has 11 heteroatoms. The van der Waals surface area contributed by atoms with E-state index in [1.807, 2.05) is 17.5 Å². The summed E-state index contributed by atoms with van der Waals surface area (Å²) in [5.41, 5.74) is -0.462. The van der Waals surface area contributed by atoms with Crippen LogP contribution in [0, 0.1) is 0 Å². The first kappa shape index (κ1) is 20.5. The Morgan fingerprint density at radius 2 is 1.76 bits per heavy atom. The molecule has 0 aliphatic heterocycles. The minimum Gasteiger partial charge on any atom is -0.351 e. The highest BCUT2D eigenvalue weighted by atomic mass is 32.1. The number of carbonyl (C=O) groups is 2. The average Bonchev–Trinajstić information content (AvgIpc) is 3.38. The molecule has 0 saturated heterocycles. The van der Waals surface area contributed by atoms with E-state index in [-0.39, 0.29) is 30.4 Å². The molecule has 152 valence electrons. The zero-order valence-corrected chi connectivity index (χ0v) is 15.7. The van der Waals surface area contributed by atoms with Crippen molar-refractivity contribution in [1.82, 2.24) is 25.8 Å². The van der Waals surface area contributed by atoms with Gasteiger partial charge >= 0.3 is 6.18 Å². The summed E-state index contributed by atoms with van der Waals surface area (Å²) in [6, 6.07) is 8.56. The van der Waals surface area contributed by atoms with Gasteiger partial charge in [-0.05, 0) is 36.1 Å². The highest BCUT2D eigenvalue weighted by molar-refractivity contribution is 7.13. The zero-order chi connectivity index (χ0) is 20.9. The number of nitrogens with one attached hydrogen (secondary N) is 3. The Bertz CT molecular complexity index is 986. The fourth-order valence-corrected chi connectivity index (χ4v) is 3.08. The van der Waals surface area contributed by atoms with Crippen LogP contribution in [0.3, 0.4) is 0 Å². The number of amides is 2. The third-order valence-electron chi connectivity index (χ3n) is 3.79. The smallest absolute Gasteiger partial charge is 0.351 e. The summed E-state index contributed by atoms with van der Waals surface area (Å²) < 4.78 is 37.9. The standard InChI is InChI=1S/C18H16F3N5O2S/c19-18(20,21)15-6-1-4-11(24-15)16(27)22-7-3-8-23-17(28)13-10-12(25-26-13)14-5-2-9-29-14/h1-2,4-6,9-10H,3,7-8H2,(H,22,27)(H,23,28)(H,25,26). The second kappa shape index (κ2) is 8.86. The number of hydrogen-bond acceptors (Lipinski definition) is 5. The molecule has 3 N–H and O–H groups in total. The topological polar surface area (TPSA) is 99.8 Å². The minimum atomic E-state index is -4.61. The summed E-state index contributed by atoms with van der Waals surface area (Å²) >= 11 is 1.52. The normalized spacial score (nSPS) is 11.3. The highest BCUT2D eigenvalue weighted by Crippen LogP contribution is 2.27. The lowest BCUT2D eigenvalue weighted by Crippen LogP contribution is -2.30. The number of carbonyl (C=O) groups excluding carboxylic acids is 2. The number of halogens is 3. The number of nitrogens with zero attached hydrogens (tertiary/aromatic N) is 2. The van der Waals surface area contributed by atoms with Crippen molar-refractivity contribution in [3.05, 3.63) is 58.9 Å². The van der Waals surface area contributed by atoms with Crippen LogP contribution < -0.4 is 10.6 Å². The SMILES string of the molecule is O=C(NCCCNC(=O)c1cccc(C(F)(F)F)n1)c1cc(-c2cccs2)[nH]n1. The van der Waals surface area contributed by atoms with Crippen LogP contribution in [-0.4, -0.2) is 40.1 Å². The van der Waals surface area contributed by atoms with Crippen molar-refractivity contribution < 1.29 is 22.8 Å². The lowest BCUT2D eigenvalue weighted by molar-refractivity contribution is -0.141. The summed E-state index contributed by atoms with van der Waals surface area (Å²) in [4.78, 5) is 28.3. The molecule has 0 bridgehead atoms. The first-order valence-corrected chi connectivity index (χ1v) is 9.42. The number of aromatic amines is 1. The van der Waals surface area contributed by atoms with E-state index in [0.717, 1.165) is 22.7 Å². The van der Waals surface area contributed by atoms with E-state index in [4.69, 9.17) is 0 Å². The van der Waals surface area contributed by atoms with Gasteiger partial charge in [0.2, 0.25) is 0 Å². The fourth-order valence-electron chi connectivity index (χ4n) is 2.39. The number of alkyl halides is 3. The molecule has 0 aliphatic carbocycles. The lowest BCUT2D eigenvalue weighted by atomic mass is 10.2. The van der Waals surface area contributed by atoms with Crippen LogP contribution in [0.1, 0.15) is 33.1 Å². The van der Waals surface area contributed by atoms with E-state index in [2.05, 4.69) is 25.8 Å². The molecule has 0 atom stereocenters. The number of thiophene rings is 1. The molecule has 0 aliphatic rings.